The molecule has 1 aliphatic heterocycles. The van der Waals surface area contributed by atoms with Crippen LogP contribution in [0, 0.1) is 4.77 Å². The van der Waals surface area contributed by atoms with E-state index in [1.54, 1.807) is 0 Å². The van der Waals surface area contributed by atoms with Crippen LogP contribution in [-0.2, 0) is 44.7 Å². The number of nitrogens with one attached hydrogen (secondary N) is 1. The molecule has 228 valence electrons. The molecule has 1 aromatic heterocycles. The van der Waals surface area contributed by atoms with Crippen LogP contribution in [-0.4, -0.2) is 69.1 Å². The third-order valence-electron chi connectivity index (χ3n) is 7.04. The summed E-state index contributed by atoms with van der Waals surface area (Å²) < 4.78 is 32.4. The van der Waals surface area contributed by atoms with Gasteiger partial charge in [-0.2, -0.15) is 5.10 Å². The molecule has 2 heterocycles. The summed E-state index contributed by atoms with van der Waals surface area (Å²) in [6, 6.07) is 8.29. The van der Waals surface area contributed by atoms with Crippen molar-refractivity contribution in [3.63, 3.8) is 0 Å². The maximum absolute atomic E-state index is 12.4. The molecule has 5 atom stereocenters. The van der Waals surface area contributed by atoms with Gasteiger partial charge in [0.05, 0.1) is 0 Å². The molecule has 0 bridgehead atoms. The van der Waals surface area contributed by atoms with Gasteiger partial charge in [-0.3, -0.25) is 23.7 Å². The fourth-order valence-electron chi connectivity index (χ4n) is 5.41. The fraction of sp³-hybridized carbons (Fsp3) is 0.571. The van der Waals surface area contributed by atoms with Crippen molar-refractivity contribution in [2.75, 3.05) is 6.61 Å². The number of carbonyl (C=O) groups excluding carboxylic acids is 4. The van der Waals surface area contributed by atoms with E-state index in [0.29, 0.717) is 16.3 Å². The van der Waals surface area contributed by atoms with Gasteiger partial charge in [-0.05, 0) is 37.2 Å². The minimum atomic E-state index is -1.22. The molecule has 4 rings (SSSR count). The Morgan fingerprint density at radius 1 is 0.976 bits per heavy atom. The van der Waals surface area contributed by atoms with Gasteiger partial charge in [0.15, 0.2) is 24.3 Å². The molecule has 1 N–H and O–H groups in total. The van der Waals surface area contributed by atoms with Gasteiger partial charge >= 0.3 is 17.9 Å². The Bertz CT molecular complexity index is 1340. The lowest BCUT2D eigenvalue weighted by Gasteiger charge is -2.45. The number of hydrogen-bond donors (Lipinski definition) is 1. The highest BCUT2D eigenvalue weighted by Gasteiger charge is 2.52. The predicted octanol–water partition coefficient (Wildman–Crippen LogP) is 2.94. The van der Waals surface area contributed by atoms with Crippen molar-refractivity contribution < 1.29 is 42.9 Å². The van der Waals surface area contributed by atoms with Crippen LogP contribution < -0.4 is 10.1 Å². The molecule has 2 aliphatic rings. The van der Waals surface area contributed by atoms with E-state index in [1.165, 1.54) is 32.4 Å². The molecule has 2 aromatic rings. The molecule has 1 aliphatic carbocycles. The van der Waals surface area contributed by atoms with Crippen molar-refractivity contribution in [1.29, 1.82) is 0 Å². The van der Waals surface area contributed by atoms with Gasteiger partial charge in [0, 0.05) is 33.7 Å². The molecular formula is C28H36N4O9S. The van der Waals surface area contributed by atoms with Crippen molar-refractivity contribution in [1.82, 2.24) is 19.7 Å². The second-order valence-corrected chi connectivity index (χ2v) is 10.7. The van der Waals surface area contributed by atoms with Crippen molar-refractivity contribution in [2.24, 2.45) is 0 Å². The molecule has 2 fully saturated rings. The van der Waals surface area contributed by atoms with Crippen molar-refractivity contribution in [3.8, 4) is 5.75 Å². The number of esters is 3. The second kappa shape index (κ2) is 13.9. The Morgan fingerprint density at radius 3 is 2.21 bits per heavy atom. The SMILES string of the molecule is CC(=O)N[C@@H]1[C@@H](OC(C)=O)[C@H](OC(C)=O)[C@@H](COC(C)=O)O[C@H]1n1nc(COc2ccccc2)n(C2CCCC2)c1=S. The van der Waals surface area contributed by atoms with E-state index in [-0.39, 0.29) is 19.3 Å². The molecule has 1 saturated heterocycles. The summed E-state index contributed by atoms with van der Waals surface area (Å²) in [4.78, 5) is 48.4. The number of ether oxygens (including phenoxy) is 5. The minimum Gasteiger partial charge on any atom is -0.486 e. The summed E-state index contributed by atoms with van der Waals surface area (Å²) in [6.07, 6.45) is -0.779. The molecule has 0 radical (unpaired) electrons. The number of aromatic nitrogens is 3. The summed E-state index contributed by atoms with van der Waals surface area (Å²) in [5.41, 5.74) is 0. The molecule has 0 spiro atoms. The highest BCUT2D eigenvalue weighted by atomic mass is 32.1. The summed E-state index contributed by atoms with van der Waals surface area (Å²) >= 11 is 5.94. The molecule has 13 nitrogen and oxygen atoms in total. The Labute approximate surface area is 248 Å². The molecule has 0 unspecified atom stereocenters. The molecule has 14 heteroatoms. The van der Waals surface area contributed by atoms with Crippen LogP contribution in [0.5, 0.6) is 5.75 Å². The smallest absolute Gasteiger partial charge is 0.303 e. The number of amides is 1. The van der Waals surface area contributed by atoms with Gasteiger partial charge in [-0.1, -0.05) is 31.0 Å². The lowest BCUT2D eigenvalue weighted by Crippen LogP contribution is -2.64. The van der Waals surface area contributed by atoms with E-state index in [9.17, 15) is 19.2 Å². The van der Waals surface area contributed by atoms with Crippen molar-refractivity contribution >= 4 is 36.0 Å². The number of benzene rings is 1. The van der Waals surface area contributed by atoms with Crippen molar-refractivity contribution in [3.05, 3.63) is 40.9 Å². The highest BCUT2D eigenvalue weighted by molar-refractivity contribution is 7.71. The van der Waals surface area contributed by atoms with E-state index >= 15 is 0 Å². The number of rotatable bonds is 10. The number of nitrogens with zero attached hydrogens (tertiary/aromatic N) is 3. The molecule has 1 aromatic carbocycles. The van der Waals surface area contributed by atoms with Crippen LogP contribution in [0.4, 0.5) is 0 Å². The first kappa shape index (κ1) is 31.2. The predicted molar refractivity (Wildman–Crippen MR) is 149 cm³/mol. The van der Waals surface area contributed by atoms with Gasteiger partial charge in [0.25, 0.3) is 0 Å². The zero-order valence-electron chi connectivity index (χ0n) is 24.0. The van der Waals surface area contributed by atoms with Gasteiger partial charge in [0.1, 0.15) is 31.1 Å². The monoisotopic (exact) mass is 604 g/mol. The Hall–Kier alpha value is -3.78. The van der Waals surface area contributed by atoms with E-state index in [1.807, 2.05) is 34.9 Å². The van der Waals surface area contributed by atoms with Gasteiger partial charge < -0.3 is 29.0 Å². The van der Waals surface area contributed by atoms with Crippen LogP contribution >= 0.6 is 12.2 Å². The first-order valence-corrected chi connectivity index (χ1v) is 14.2. The number of para-hydroxylation sites is 1. The topological polar surface area (TPSA) is 149 Å². The van der Waals surface area contributed by atoms with Gasteiger partial charge in [-0.25, -0.2) is 4.68 Å². The number of hydrogen-bond acceptors (Lipinski definition) is 11. The summed E-state index contributed by atoms with van der Waals surface area (Å²) in [5, 5.41) is 7.57. The normalized spacial score (nSPS) is 24.0. The molecular weight excluding hydrogens is 568 g/mol. The Kier molecular flexibility index (Phi) is 10.3. The van der Waals surface area contributed by atoms with Crippen LogP contribution in [0.2, 0.25) is 0 Å². The summed E-state index contributed by atoms with van der Waals surface area (Å²) in [7, 11) is 0. The van der Waals surface area contributed by atoms with Gasteiger partial charge in [-0.15, -0.1) is 0 Å². The molecule has 1 saturated carbocycles. The first-order valence-electron chi connectivity index (χ1n) is 13.8. The molecule has 1 amide bonds. The van der Waals surface area contributed by atoms with Crippen molar-refractivity contribution in [2.45, 2.75) is 96.6 Å². The fourth-order valence-corrected chi connectivity index (χ4v) is 5.81. The quantitative estimate of drug-likeness (QED) is 0.242. The third kappa shape index (κ3) is 7.53. The van der Waals surface area contributed by atoms with E-state index in [4.69, 9.17) is 41.0 Å². The van der Waals surface area contributed by atoms with E-state index in [2.05, 4.69) is 5.32 Å². The largest absolute Gasteiger partial charge is 0.486 e. The lowest BCUT2D eigenvalue weighted by atomic mass is 9.95. The van der Waals surface area contributed by atoms with E-state index < -0.39 is 54.4 Å². The zero-order valence-corrected chi connectivity index (χ0v) is 24.8. The van der Waals surface area contributed by atoms with Crippen LogP contribution in [0.15, 0.2) is 30.3 Å². The van der Waals surface area contributed by atoms with Gasteiger partial charge in [0.2, 0.25) is 10.7 Å². The average molecular weight is 605 g/mol. The summed E-state index contributed by atoms with van der Waals surface area (Å²) in [6.45, 7) is 4.68. The average Bonchev–Trinajstić information content (AvgIpc) is 3.56. The third-order valence-corrected chi connectivity index (χ3v) is 7.42. The minimum absolute atomic E-state index is 0.0818. The Balaban J connectivity index is 1.80. The first-order chi connectivity index (χ1) is 20.0. The Morgan fingerprint density at radius 2 is 1.62 bits per heavy atom. The lowest BCUT2D eigenvalue weighted by molar-refractivity contribution is -0.239. The molecule has 42 heavy (non-hydrogen) atoms. The standard InChI is InChI=1S/C28H36N4O9S/c1-16(33)29-24-26(40-19(4)36)25(39-18(3)35)22(14-37-17(2)34)41-27(24)32-28(42)31(20-10-8-9-11-20)23(30-32)15-38-21-12-6-5-7-13-21/h5-7,12-13,20,22,24-27H,8-11,14-15H2,1-4H3,(H,29,33)/t22-,24-,25-,26-,27-/m1/s1. The zero-order chi connectivity index (χ0) is 30.4. The highest BCUT2D eigenvalue weighted by Crippen LogP contribution is 2.36. The maximum atomic E-state index is 12.4. The van der Waals surface area contributed by atoms with Crippen LogP contribution in [0.3, 0.4) is 0 Å². The number of carbonyl (C=O) groups is 4. The maximum Gasteiger partial charge on any atom is 0.303 e. The van der Waals surface area contributed by atoms with Crippen LogP contribution in [0.1, 0.15) is 71.5 Å². The summed E-state index contributed by atoms with van der Waals surface area (Å²) in [5.74, 6) is -1.22. The second-order valence-electron chi connectivity index (χ2n) is 10.3. The van der Waals surface area contributed by atoms with E-state index in [0.717, 1.165) is 25.7 Å². The van der Waals surface area contributed by atoms with Crippen LogP contribution in [0.25, 0.3) is 0 Å².